The lowest BCUT2D eigenvalue weighted by Crippen LogP contribution is -2.41. The van der Waals surface area contributed by atoms with Gasteiger partial charge in [-0.15, -0.1) is 11.8 Å². The van der Waals surface area contributed by atoms with E-state index in [4.69, 9.17) is 4.42 Å². The number of benzene rings is 1. The Morgan fingerprint density at radius 3 is 2.69 bits per heavy atom. The molecule has 3 rings (SSSR count). The first-order valence-corrected chi connectivity index (χ1v) is 10.5. The summed E-state index contributed by atoms with van der Waals surface area (Å²) in [6.45, 7) is 6.28. The van der Waals surface area contributed by atoms with Crippen molar-refractivity contribution < 1.29 is 9.21 Å². The van der Waals surface area contributed by atoms with Crippen molar-refractivity contribution in [2.24, 2.45) is 5.92 Å². The van der Waals surface area contributed by atoms with E-state index in [0.29, 0.717) is 29.0 Å². The molecule has 26 heavy (non-hydrogen) atoms. The molecule has 2 atom stereocenters. The summed E-state index contributed by atoms with van der Waals surface area (Å²) in [7, 11) is 0. The molecule has 1 aromatic heterocycles. The highest BCUT2D eigenvalue weighted by atomic mass is 32.2. The normalized spacial score (nSPS) is 20.3. The molecule has 1 N–H and O–H groups in total. The summed E-state index contributed by atoms with van der Waals surface area (Å²) in [5.41, 5.74) is 3.49. The highest BCUT2D eigenvalue weighted by Gasteiger charge is 2.22. The zero-order valence-corrected chi connectivity index (χ0v) is 16.6. The van der Waals surface area contributed by atoms with Crippen LogP contribution >= 0.6 is 11.8 Å². The van der Waals surface area contributed by atoms with Crippen molar-refractivity contribution in [1.82, 2.24) is 5.32 Å². The van der Waals surface area contributed by atoms with E-state index in [1.807, 2.05) is 13.0 Å². The van der Waals surface area contributed by atoms with E-state index in [1.54, 1.807) is 17.8 Å². The van der Waals surface area contributed by atoms with Gasteiger partial charge in [0, 0.05) is 23.2 Å². The Balaban J connectivity index is 1.63. The second kappa shape index (κ2) is 8.30. The van der Waals surface area contributed by atoms with Crippen LogP contribution in [-0.4, -0.2) is 17.7 Å². The minimum atomic E-state index is -0.336. The van der Waals surface area contributed by atoms with Gasteiger partial charge >= 0.3 is 5.63 Å². The summed E-state index contributed by atoms with van der Waals surface area (Å²) in [5.74, 6) is 1.69. The predicted molar refractivity (Wildman–Crippen MR) is 108 cm³/mol. The monoisotopic (exact) mass is 373 g/mol. The highest BCUT2D eigenvalue weighted by molar-refractivity contribution is 7.99. The second-order valence-corrected chi connectivity index (χ2v) is 8.44. The molecule has 0 bridgehead atoms. The van der Waals surface area contributed by atoms with Crippen molar-refractivity contribution in [3.63, 3.8) is 0 Å². The van der Waals surface area contributed by atoms with Crippen molar-refractivity contribution in [3.8, 4) is 0 Å². The molecule has 1 heterocycles. The zero-order valence-electron chi connectivity index (χ0n) is 15.8. The van der Waals surface area contributed by atoms with E-state index in [1.165, 1.54) is 24.8 Å². The van der Waals surface area contributed by atoms with Crippen molar-refractivity contribution >= 4 is 28.6 Å². The Morgan fingerprint density at radius 1 is 1.19 bits per heavy atom. The predicted octanol–water partition coefficient (Wildman–Crippen LogP) is 4.34. The van der Waals surface area contributed by atoms with Crippen LogP contribution in [0.25, 0.3) is 11.0 Å². The van der Waals surface area contributed by atoms with Crippen molar-refractivity contribution in [1.29, 1.82) is 0 Å². The summed E-state index contributed by atoms with van der Waals surface area (Å²) in [6.07, 6.45) is 4.75. The van der Waals surface area contributed by atoms with Gasteiger partial charge in [0.2, 0.25) is 5.91 Å². The molecule has 2 aromatic rings. The third-order valence-electron chi connectivity index (χ3n) is 5.39. The Labute approximate surface area is 158 Å². The zero-order chi connectivity index (χ0) is 18.7. The SMILES string of the molecule is Cc1cc2oc(=O)cc(CSCC(=O)N[C@@H]3CCCC[C@H]3C)c2cc1C. The van der Waals surface area contributed by atoms with E-state index in [-0.39, 0.29) is 11.5 Å². The van der Waals surface area contributed by atoms with Crippen LogP contribution in [0.3, 0.4) is 0 Å². The molecule has 0 aliphatic heterocycles. The summed E-state index contributed by atoms with van der Waals surface area (Å²) in [6, 6.07) is 5.84. The van der Waals surface area contributed by atoms with Gasteiger partial charge in [0.25, 0.3) is 0 Å². The number of hydrogen-bond donors (Lipinski definition) is 1. The van der Waals surface area contributed by atoms with E-state index in [9.17, 15) is 9.59 Å². The van der Waals surface area contributed by atoms with Gasteiger partial charge in [-0.3, -0.25) is 4.79 Å². The van der Waals surface area contributed by atoms with Gasteiger partial charge in [-0.25, -0.2) is 4.79 Å². The van der Waals surface area contributed by atoms with E-state index >= 15 is 0 Å². The number of carbonyl (C=O) groups is 1. The number of carbonyl (C=O) groups excluding carboxylic acids is 1. The number of rotatable bonds is 5. The lowest BCUT2D eigenvalue weighted by Gasteiger charge is -2.29. The fourth-order valence-electron chi connectivity index (χ4n) is 3.64. The third kappa shape index (κ3) is 4.50. The first-order valence-electron chi connectivity index (χ1n) is 9.35. The molecule has 4 nitrogen and oxygen atoms in total. The average molecular weight is 374 g/mol. The van der Waals surface area contributed by atoms with Gasteiger partial charge < -0.3 is 9.73 Å². The highest BCUT2D eigenvalue weighted by Crippen LogP contribution is 2.26. The first kappa shape index (κ1) is 19.0. The number of thioether (sulfide) groups is 1. The molecule has 5 heteroatoms. The summed E-state index contributed by atoms with van der Waals surface area (Å²) in [5, 5.41) is 4.14. The molecule has 0 unspecified atom stereocenters. The van der Waals surface area contributed by atoms with Crippen LogP contribution < -0.4 is 10.9 Å². The standard InChI is InChI=1S/C21H27NO3S/c1-13-6-4-5-7-18(13)22-20(23)12-26-11-16-10-21(24)25-19-9-15(3)14(2)8-17(16)19/h8-10,13,18H,4-7,11-12H2,1-3H3,(H,22,23)/t13-,18-/m1/s1. The van der Waals surface area contributed by atoms with Gasteiger partial charge in [-0.1, -0.05) is 19.8 Å². The van der Waals surface area contributed by atoms with Crippen LogP contribution in [0.15, 0.2) is 27.4 Å². The molecule has 1 aliphatic rings. The van der Waals surface area contributed by atoms with Gasteiger partial charge in [0.05, 0.1) is 5.75 Å². The molecular formula is C21H27NO3S. The Morgan fingerprint density at radius 2 is 1.92 bits per heavy atom. The lowest BCUT2D eigenvalue weighted by atomic mass is 9.86. The first-order chi connectivity index (χ1) is 12.4. The van der Waals surface area contributed by atoms with Gasteiger partial charge in [0.1, 0.15) is 5.58 Å². The van der Waals surface area contributed by atoms with Crippen molar-refractivity contribution in [3.05, 3.63) is 45.3 Å². The molecule has 1 fully saturated rings. The summed E-state index contributed by atoms with van der Waals surface area (Å²) in [4.78, 5) is 24.1. The van der Waals surface area contributed by atoms with Crippen LogP contribution in [0.2, 0.25) is 0 Å². The van der Waals surface area contributed by atoms with Crippen LogP contribution in [0.5, 0.6) is 0 Å². The van der Waals surface area contributed by atoms with Crippen LogP contribution in [-0.2, 0) is 10.5 Å². The number of nitrogens with one attached hydrogen (secondary N) is 1. The largest absolute Gasteiger partial charge is 0.423 e. The van der Waals surface area contributed by atoms with Crippen molar-refractivity contribution in [2.75, 3.05) is 5.75 Å². The fourth-order valence-corrected chi connectivity index (χ4v) is 4.46. The van der Waals surface area contributed by atoms with E-state index in [2.05, 4.69) is 25.2 Å². The lowest BCUT2D eigenvalue weighted by molar-refractivity contribution is -0.119. The third-order valence-corrected chi connectivity index (χ3v) is 6.37. The quantitative estimate of drug-likeness (QED) is 0.792. The Kier molecular flexibility index (Phi) is 6.07. The average Bonchev–Trinajstić information content (AvgIpc) is 2.58. The molecular weight excluding hydrogens is 346 g/mol. The van der Waals surface area contributed by atoms with Gasteiger partial charge in [0.15, 0.2) is 0 Å². The van der Waals surface area contributed by atoms with Gasteiger partial charge in [-0.05, 0) is 61.4 Å². The number of hydrogen-bond acceptors (Lipinski definition) is 4. The maximum Gasteiger partial charge on any atom is 0.336 e. The molecule has 140 valence electrons. The molecule has 0 saturated heterocycles. The molecule has 0 spiro atoms. The van der Waals surface area contributed by atoms with Crippen LogP contribution in [0.4, 0.5) is 0 Å². The number of aryl methyl sites for hydroxylation is 2. The molecule has 1 aromatic carbocycles. The Bertz CT molecular complexity index is 858. The molecule has 1 amide bonds. The molecule has 0 radical (unpaired) electrons. The maximum atomic E-state index is 12.3. The topological polar surface area (TPSA) is 59.3 Å². The fraction of sp³-hybridized carbons (Fsp3) is 0.524. The minimum Gasteiger partial charge on any atom is -0.423 e. The second-order valence-electron chi connectivity index (χ2n) is 7.45. The van der Waals surface area contributed by atoms with Crippen molar-refractivity contribution in [2.45, 2.75) is 58.2 Å². The molecule has 1 aliphatic carbocycles. The maximum absolute atomic E-state index is 12.3. The molecule has 1 saturated carbocycles. The summed E-state index contributed by atoms with van der Waals surface area (Å²) < 4.78 is 5.33. The van der Waals surface area contributed by atoms with Crippen LogP contribution in [0, 0.1) is 19.8 Å². The Hall–Kier alpha value is -1.75. The number of fused-ring (bicyclic) bond motifs is 1. The number of amides is 1. The summed E-state index contributed by atoms with van der Waals surface area (Å²) >= 11 is 1.55. The smallest absolute Gasteiger partial charge is 0.336 e. The van der Waals surface area contributed by atoms with Crippen LogP contribution in [0.1, 0.15) is 49.3 Å². The van der Waals surface area contributed by atoms with E-state index in [0.717, 1.165) is 22.9 Å². The van der Waals surface area contributed by atoms with E-state index < -0.39 is 0 Å². The minimum absolute atomic E-state index is 0.0908. The van der Waals surface area contributed by atoms with Gasteiger partial charge in [-0.2, -0.15) is 0 Å².